The standard InChI is InChI=1S/C30H36BrN7O2/c1-18-13-19(21-8-6-12-38(16-21)17-25(39)32-4)10-11-23(18)36-29-34-15-22(31)27(37-29)33-14-20-7-5-9-24-26(20)30(2,3)28(40)35-24/h5,7,9-11,13,15,21H,6,8,12,14,16-17H2,1-4H3,(H,32,39)(H,35,40)(H2,33,34,36,37). The molecule has 2 aliphatic heterocycles. The summed E-state index contributed by atoms with van der Waals surface area (Å²) in [7, 11) is 1.68. The van der Waals surface area contributed by atoms with E-state index in [-0.39, 0.29) is 11.8 Å². The number of aryl methyl sites for hydroxylation is 1. The van der Waals surface area contributed by atoms with Gasteiger partial charge in [-0.15, -0.1) is 0 Å². The summed E-state index contributed by atoms with van der Waals surface area (Å²) in [6, 6.07) is 12.4. The topological polar surface area (TPSA) is 111 Å². The Kier molecular flexibility index (Phi) is 8.09. The highest BCUT2D eigenvalue weighted by Crippen LogP contribution is 2.40. The number of rotatable bonds is 8. The molecule has 2 aliphatic rings. The molecule has 0 bridgehead atoms. The van der Waals surface area contributed by atoms with Gasteiger partial charge >= 0.3 is 0 Å². The van der Waals surface area contributed by atoms with Crippen LogP contribution in [0.3, 0.4) is 0 Å². The monoisotopic (exact) mass is 605 g/mol. The molecule has 3 heterocycles. The van der Waals surface area contributed by atoms with Crippen LogP contribution in [0.4, 0.5) is 23.1 Å². The molecule has 4 N–H and O–H groups in total. The number of piperidine rings is 1. The molecule has 2 amide bonds. The van der Waals surface area contributed by atoms with E-state index in [9.17, 15) is 9.59 Å². The average Bonchev–Trinajstić information content (AvgIpc) is 3.18. The van der Waals surface area contributed by atoms with E-state index in [1.807, 2.05) is 32.0 Å². The number of halogens is 1. The molecule has 0 spiro atoms. The van der Waals surface area contributed by atoms with Crippen LogP contribution >= 0.6 is 15.9 Å². The third-order valence-corrected chi connectivity index (χ3v) is 8.48. The first kappa shape index (κ1) is 28.0. The average molecular weight is 607 g/mol. The molecule has 40 heavy (non-hydrogen) atoms. The van der Waals surface area contributed by atoms with Gasteiger partial charge in [0.2, 0.25) is 17.8 Å². The summed E-state index contributed by atoms with van der Waals surface area (Å²) in [5.41, 5.74) is 5.68. The lowest BCUT2D eigenvalue weighted by molar-refractivity contribution is -0.122. The number of nitrogens with one attached hydrogen (secondary N) is 4. The van der Waals surface area contributed by atoms with Crippen LogP contribution in [-0.2, 0) is 21.5 Å². The van der Waals surface area contributed by atoms with Crippen LogP contribution in [0, 0.1) is 6.92 Å². The Morgan fingerprint density at radius 2 is 2.08 bits per heavy atom. The predicted octanol–water partition coefficient (Wildman–Crippen LogP) is 5.06. The lowest BCUT2D eigenvalue weighted by Crippen LogP contribution is -2.41. The number of carbonyl (C=O) groups is 2. The molecule has 1 unspecified atom stereocenters. The minimum Gasteiger partial charge on any atom is -0.365 e. The summed E-state index contributed by atoms with van der Waals surface area (Å²) in [5, 5.41) is 12.5. The zero-order valence-electron chi connectivity index (χ0n) is 23.4. The van der Waals surface area contributed by atoms with Crippen molar-refractivity contribution in [3.63, 3.8) is 0 Å². The van der Waals surface area contributed by atoms with Gasteiger partial charge in [-0.3, -0.25) is 14.5 Å². The van der Waals surface area contributed by atoms with Gasteiger partial charge in [0.05, 0.1) is 16.4 Å². The van der Waals surface area contributed by atoms with Gasteiger partial charge in [-0.05, 0) is 96.4 Å². The van der Waals surface area contributed by atoms with Crippen LogP contribution in [0.1, 0.15) is 54.9 Å². The molecule has 0 saturated carbocycles. The predicted molar refractivity (Wildman–Crippen MR) is 162 cm³/mol. The fourth-order valence-corrected chi connectivity index (χ4v) is 6.00. The summed E-state index contributed by atoms with van der Waals surface area (Å²) < 4.78 is 0.754. The van der Waals surface area contributed by atoms with E-state index >= 15 is 0 Å². The van der Waals surface area contributed by atoms with Crippen molar-refractivity contribution in [2.24, 2.45) is 0 Å². The molecule has 210 valence electrons. The molecule has 10 heteroatoms. The number of fused-ring (bicyclic) bond motifs is 1. The van der Waals surface area contributed by atoms with Crippen LogP contribution in [0.15, 0.2) is 47.1 Å². The van der Waals surface area contributed by atoms with Crippen LogP contribution in [-0.4, -0.2) is 53.4 Å². The Morgan fingerprint density at radius 3 is 2.85 bits per heavy atom. The van der Waals surface area contributed by atoms with E-state index in [2.05, 4.69) is 72.2 Å². The van der Waals surface area contributed by atoms with Gasteiger partial charge in [0.1, 0.15) is 5.82 Å². The molecule has 9 nitrogen and oxygen atoms in total. The highest BCUT2D eigenvalue weighted by atomic mass is 79.9. The first-order valence-electron chi connectivity index (χ1n) is 13.7. The number of likely N-dealkylation sites (tertiary alicyclic amines) is 1. The fraction of sp³-hybridized carbons (Fsp3) is 0.400. The van der Waals surface area contributed by atoms with E-state index in [1.165, 1.54) is 5.56 Å². The maximum atomic E-state index is 12.5. The Hall–Kier alpha value is -3.50. The minimum atomic E-state index is -0.590. The second kappa shape index (κ2) is 11.5. The van der Waals surface area contributed by atoms with Crippen molar-refractivity contribution in [1.29, 1.82) is 0 Å². The summed E-state index contributed by atoms with van der Waals surface area (Å²) in [5.74, 6) is 1.63. The lowest BCUT2D eigenvalue weighted by Gasteiger charge is -2.32. The lowest BCUT2D eigenvalue weighted by atomic mass is 9.83. The van der Waals surface area contributed by atoms with Gasteiger partial charge in [-0.1, -0.05) is 24.3 Å². The Labute approximate surface area is 243 Å². The Morgan fingerprint density at radius 1 is 1.25 bits per heavy atom. The third-order valence-electron chi connectivity index (χ3n) is 7.90. The van der Waals surface area contributed by atoms with E-state index in [0.29, 0.717) is 30.8 Å². The zero-order chi connectivity index (χ0) is 28.4. The molecular formula is C30H36BrN7O2. The first-order chi connectivity index (χ1) is 19.2. The molecule has 0 aliphatic carbocycles. The smallest absolute Gasteiger partial charge is 0.234 e. The minimum absolute atomic E-state index is 0.00995. The Bertz CT molecular complexity index is 1440. The molecule has 5 rings (SSSR count). The highest BCUT2D eigenvalue weighted by Gasteiger charge is 2.39. The number of carbonyl (C=O) groups excluding carboxylic acids is 2. The van der Waals surface area contributed by atoms with Crippen molar-refractivity contribution in [1.82, 2.24) is 20.2 Å². The first-order valence-corrected chi connectivity index (χ1v) is 14.5. The molecule has 1 atom stereocenters. The number of anilines is 4. The van der Waals surface area contributed by atoms with Crippen LogP contribution in [0.25, 0.3) is 0 Å². The number of amides is 2. The molecular weight excluding hydrogens is 570 g/mol. The van der Waals surface area contributed by atoms with Crippen molar-refractivity contribution in [3.05, 3.63) is 69.3 Å². The van der Waals surface area contributed by atoms with Crippen molar-refractivity contribution in [2.45, 2.75) is 51.5 Å². The molecule has 2 aromatic carbocycles. The number of hydrogen-bond donors (Lipinski definition) is 4. The zero-order valence-corrected chi connectivity index (χ0v) is 25.0. The second-order valence-corrected chi connectivity index (χ2v) is 12.0. The largest absolute Gasteiger partial charge is 0.365 e. The fourth-order valence-electron chi connectivity index (χ4n) is 5.67. The van der Waals surface area contributed by atoms with Crippen LogP contribution < -0.4 is 21.3 Å². The maximum absolute atomic E-state index is 12.5. The number of nitrogens with zero attached hydrogens (tertiary/aromatic N) is 3. The molecule has 1 saturated heterocycles. The van der Waals surface area contributed by atoms with Crippen molar-refractivity contribution in [3.8, 4) is 0 Å². The van der Waals surface area contributed by atoms with E-state index in [1.54, 1.807) is 13.2 Å². The maximum Gasteiger partial charge on any atom is 0.234 e. The van der Waals surface area contributed by atoms with Gasteiger partial charge in [-0.25, -0.2) is 4.98 Å². The molecule has 3 aromatic rings. The van der Waals surface area contributed by atoms with E-state index < -0.39 is 5.41 Å². The summed E-state index contributed by atoms with van der Waals surface area (Å²) in [4.78, 5) is 35.7. The third kappa shape index (κ3) is 5.83. The molecule has 0 radical (unpaired) electrons. The van der Waals surface area contributed by atoms with Gasteiger partial charge in [0, 0.05) is 37.7 Å². The SMILES string of the molecule is CNC(=O)CN1CCCC(c2ccc(Nc3ncc(Br)c(NCc4cccc5c4C(C)(C)C(=O)N5)n3)c(C)c2)C1. The van der Waals surface area contributed by atoms with E-state index in [4.69, 9.17) is 4.98 Å². The number of likely N-dealkylation sites (N-methyl/N-ethyl adjacent to an activating group) is 1. The summed E-state index contributed by atoms with van der Waals surface area (Å²) >= 11 is 3.57. The van der Waals surface area contributed by atoms with Crippen molar-refractivity contribution in [2.75, 3.05) is 42.6 Å². The number of hydrogen-bond acceptors (Lipinski definition) is 7. The van der Waals surface area contributed by atoms with Crippen molar-refractivity contribution >= 4 is 50.9 Å². The van der Waals surface area contributed by atoms with Crippen LogP contribution in [0.2, 0.25) is 0 Å². The quantitative estimate of drug-likeness (QED) is 0.284. The van der Waals surface area contributed by atoms with Gasteiger partial charge in [0.25, 0.3) is 0 Å². The summed E-state index contributed by atoms with van der Waals surface area (Å²) in [6.07, 6.45) is 3.93. The second-order valence-electron chi connectivity index (χ2n) is 11.1. The van der Waals surface area contributed by atoms with Crippen LogP contribution in [0.5, 0.6) is 0 Å². The normalized spacial score (nSPS) is 18.1. The molecule has 1 aromatic heterocycles. The van der Waals surface area contributed by atoms with Gasteiger partial charge in [0.15, 0.2) is 0 Å². The highest BCUT2D eigenvalue weighted by molar-refractivity contribution is 9.10. The molecule has 1 fully saturated rings. The van der Waals surface area contributed by atoms with Gasteiger partial charge < -0.3 is 21.3 Å². The van der Waals surface area contributed by atoms with Gasteiger partial charge in [-0.2, -0.15) is 4.98 Å². The summed E-state index contributed by atoms with van der Waals surface area (Å²) in [6.45, 7) is 8.79. The Balaban J connectivity index is 1.27. The van der Waals surface area contributed by atoms with Crippen molar-refractivity contribution < 1.29 is 9.59 Å². The van der Waals surface area contributed by atoms with E-state index in [0.717, 1.165) is 58.5 Å². The number of aromatic nitrogens is 2. The number of benzene rings is 2.